The molecule has 1 fully saturated rings. The van der Waals surface area contributed by atoms with Crippen molar-refractivity contribution in [2.45, 2.75) is 51.6 Å². The topological polar surface area (TPSA) is 26.3 Å². The lowest BCUT2D eigenvalue weighted by Crippen LogP contribution is -2.39. The van der Waals surface area contributed by atoms with Gasteiger partial charge in [0.2, 0.25) is 0 Å². The number of ether oxygens (including phenoxy) is 1. The van der Waals surface area contributed by atoms with Crippen LogP contribution in [0.3, 0.4) is 0 Å². The molecule has 0 N–H and O–H groups in total. The van der Waals surface area contributed by atoms with Crippen LogP contribution in [0.1, 0.15) is 50.2 Å². The Labute approximate surface area is 128 Å². The maximum atomic E-state index is 12.5. The molecule has 0 aromatic heterocycles. The van der Waals surface area contributed by atoms with Crippen molar-refractivity contribution in [1.82, 2.24) is 0 Å². The van der Waals surface area contributed by atoms with Gasteiger partial charge in [0.05, 0.1) is 17.6 Å². The molecular weight excluding hydrogens is 293 g/mol. The molecule has 0 radical (unpaired) electrons. The maximum absolute atomic E-state index is 12.5. The number of benzene rings is 1. The Morgan fingerprint density at radius 2 is 1.86 bits per heavy atom. The fourth-order valence-electron chi connectivity index (χ4n) is 2.94. The first-order chi connectivity index (χ1) is 10.4. The highest BCUT2D eigenvalue weighted by Gasteiger charge is 2.44. The highest BCUT2D eigenvalue weighted by molar-refractivity contribution is 5.77. The number of hydrogen-bond donors (Lipinski definition) is 0. The van der Waals surface area contributed by atoms with E-state index in [4.69, 9.17) is 4.74 Å². The molecule has 0 atom stereocenters. The van der Waals surface area contributed by atoms with Crippen molar-refractivity contribution in [1.29, 1.82) is 0 Å². The molecule has 122 valence electrons. The first-order valence-electron chi connectivity index (χ1n) is 7.71. The van der Waals surface area contributed by atoms with Crippen LogP contribution in [0.15, 0.2) is 24.3 Å². The number of esters is 1. The van der Waals surface area contributed by atoms with Crippen LogP contribution in [0.2, 0.25) is 0 Å². The van der Waals surface area contributed by atoms with Crippen LogP contribution in [-0.4, -0.2) is 12.6 Å². The maximum Gasteiger partial charge on any atom is 0.416 e. The second-order valence-electron chi connectivity index (χ2n) is 5.90. The minimum Gasteiger partial charge on any atom is -0.466 e. The van der Waals surface area contributed by atoms with E-state index in [0.717, 1.165) is 49.8 Å². The third-order valence-electron chi connectivity index (χ3n) is 4.42. The zero-order valence-corrected chi connectivity index (χ0v) is 12.7. The van der Waals surface area contributed by atoms with Crippen LogP contribution in [0.25, 0.3) is 0 Å². The van der Waals surface area contributed by atoms with Crippen molar-refractivity contribution in [2.24, 2.45) is 5.41 Å². The molecular formula is C17H21F3O2. The molecule has 0 bridgehead atoms. The van der Waals surface area contributed by atoms with E-state index in [1.54, 1.807) is 6.92 Å². The van der Waals surface area contributed by atoms with E-state index in [-0.39, 0.29) is 11.4 Å². The predicted octanol–water partition coefficient (Wildman–Crippen LogP) is 4.76. The zero-order valence-electron chi connectivity index (χ0n) is 12.7. The van der Waals surface area contributed by atoms with Gasteiger partial charge in [-0.15, -0.1) is 0 Å². The number of aryl methyl sites for hydroxylation is 1. The summed E-state index contributed by atoms with van der Waals surface area (Å²) in [5.74, 6) is -0.117. The summed E-state index contributed by atoms with van der Waals surface area (Å²) in [5, 5.41) is 0. The Morgan fingerprint density at radius 1 is 1.23 bits per heavy atom. The van der Waals surface area contributed by atoms with E-state index in [2.05, 4.69) is 0 Å². The summed E-state index contributed by atoms with van der Waals surface area (Å²) >= 11 is 0. The molecule has 0 heterocycles. The number of rotatable bonds is 6. The molecule has 5 heteroatoms. The van der Waals surface area contributed by atoms with Crippen LogP contribution in [0, 0.1) is 5.41 Å². The monoisotopic (exact) mass is 314 g/mol. The van der Waals surface area contributed by atoms with E-state index in [1.807, 2.05) is 0 Å². The third-order valence-corrected chi connectivity index (χ3v) is 4.42. The molecule has 22 heavy (non-hydrogen) atoms. The molecule has 1 aliphatic carbocycles. The summed E-state index contributed by atoms with van der Waals surface area (Å²) in [6.45, 7) is 2.19. The molecule has 1 saturated carbocycles. The normalized spacial score (nSPS) is 16.9. The van der Waals surface area contributed by atoms with Gasteiger partial charge in [-0.05, 0) is 56.7 Å². The minimum absolute atomic E-state index is 0.117. The number of carbonyl (C=O) groups is 1. The Hall–Kier alpha value is -1.52. The van der Waals surface area contributed by atoms with Crippen LogP contribution in [0.5, 0.6) is 0 Å². The SMILES string of the molecule is CCOC(=O)C1(CCCc2ccc(C(F)(F)F)cc2)CCC1. The second kappa shape index (κ2) is 6.71. The minimum atomic E-state index is -4.29. The number of carbonyl (C=O) groups excluding carboxylic acids is 1. The highest BCUT2D eigenvalue weighted by atomic mass is 19.4. The van der Waals surface area contributed by atoms with Gasteiger partial charge in [-0.25, -0.2) is 0 Å². The molecule has 1 aromatic carbocycles. The lowest BCUT2D eigenvalue weighted by molar-refractivity contribution is -0.161. The lowest BCUT2D eigenvalue weighted by Gasteiger charge is -2.39. The Balaban J connectivity index is 1.86. The first kappa shape index (κ1) is 16.8. The van der Waals surface area contributed by atoms with Gasteiger partial charge < -0.3 is 4.74 Å². The van der Waals surface area contributed by atoms with E-state index in [0.29, 0.717) is 13.0 Å². The van der Waals surface area contributed by atoms with Crippen molar-refractivity contribution in [3.8, 4) is 0 Å². The van der Waals surface area contributed by atoms with Gasteiger partial charge in [0.25, 0.3) is 0 Å². The quantitative estimate of drug-likeness (QED) is 0.708. The highest BCUT2D eigenvalue weighted by Crippen LogP contribution is 2.46. The zero-order chi connectivity index (χ0) is 16.2. The van der Waals surface area contributed by atoms with E-state index >= 15 is 0 Å². The van der Waals surface area contributed by atoms with Crippen molar-refractivity contribution >= 4 is 5.97 Å². The third kappa shape index (κ3) is 3.81. The number of alkyl halides is 3. The molecule has 0 aliphatic heterocycles. The summed E-state index contributed by atoms with van der Waals surface area (Å²) in [5.41, 5.74) is -0.105. The van der Waals surface area contributed by atoms with Gasteiger partial charge in [-0.1, -0.05) is 18.6 Å². The predicted molar refractivity (Wildman–Crippen MR) is 77.3 cm³/mol. The smallest absolute Gasteiger partial charge is 0.416 e. The van der Waals surface area contributed by atoms with Crippen molar-refractivity contribution in [3.05, 3.63) is 35.4 Å². The molecule has 1 aliphatic rings. The average molecular weight is 314 g/mol. The van der Waals surface area contributed by atoms with Gasteiger partial charge in [0.1, 0.15) is 0 Å². The number of halogens is 3. The van der Waals surface area contributed by atoms with Crippen LogP contribution in [-0.2, 0) is 22.1 Å². The Kier molecular flexibility index (Phi) is 5.14. The standard InChI is InChI=1S/C17H21F3O2/c1-2-22-15(21)16(11-4-12-16)10-3-5-13-6-8-14(9-7-13)17(18,19)20/h6-9H,2-5,10-12H2,1H3. The van der Waals surface area contributed by atoms with Crippen LogP contribution in [0.4, 0.5) is 13.2 Å². The van der Waals surface area contributed by atoms with Crippen molar-refractivity contribution in [3.63, 3.8) is 0 Å². The lowest BCUT2D eigenvalue weighted by atomic mass is 9.66. The average Bonchev–Trinajstić information content (AvgIpc) is 2.41. The molecule has 0 unspecified atom stereocenters. The fraction of sp³-hybridized carbons (Fsp3) is 0.588. The molecule has 2 nitrogen and oxygen atoms in total. The van der Waals surface area contributed by atoms with Gasteiger partial charge in [0, 0.05) is 0 Å². The molecule has 2 rings (SSSR count). The Morgan fingerprint density at radius 3 is 2.32 bits per heavy atom. The van der Waals surface area contributed by atoms with E-state index in [9.17, 15) is 18.0 Å². The summed E-state index contributed by atoms with van der Waals surface area (Å²) < 4.78 is 42.6. The summed E-state index contributed by atoms with van der Waals surface area (Å²) in [6.07, 6.45) is 0.672. The van der Waals surface area contributed by atoms with E-state index in [1.165, 1.54) is 12.1 Å². The first-order valence-corrected chi connectivity index (χ1v) is 7.71. The van der Waals surface area contributed by atoms with Gasteiger partial charge in [-0.2, -0.15) is 13.2 Å². The van der Waals surface area contributed by atoms with E-state index < -0.39 is 11.7 Å². The van der Waals surface area contributed by atoms with Crippen molar-refractivity contribution in [2.75, 3.05) is 6.61 Å². The van der Waals surface area contributed by atoms with Gasteiger partial charge in [0.15, 0.2) is 0 Å². The molecule has 0 saturated heterocycles. The molecule has 1 aromatic rings. The Bertz CT molecular complexity index is 502. The largest absolute Gasteiger partial charge is 0.466 e. The van der Waals surface area contributed by atoms with Crippen LogP contribution < -0.4 is 0 Å². The van der Waals surface area contributed by atoms with Crippen molar-refractivity contribution < 1.29 is 22.7 Å². The fourth-order valence-corrected chi connectivity index (χ4v) is 2.94. The second-order valence-corrected chi connectivity index (χ2v) is 5.90. The summed E-state index contributed by atoms with van der Waals surface area (Å²) in [7, 11) is 0. The van der Waals surface area contributed by atoms with Gasteiger partial charge >= 0.3 is 12.1 Å². The summed E-state index contributed by atoms with van der Waals surface area (Å²) in [4.78, 5) is 12.0. The molecule has 0 amide bonds. The number of hydrogen-bond acceptors (Lipinski definition) is 2. The summed E-state index contributed by atoms with van der Waals surface area (Å²) in [6, 6.07) is 5.25. The van der Waals surface area contributed by atoms with Crippen LogP contribution >= 0.6 is 0 Å². The van der Waals surface area contributed by atoms with Gasteiger partial charge in [-0.3, -0.25) is 4.79 Å². The molecule has 0 spiro atoms.